The normalized spacial score (nSPS) is 9.86. The van der Waals surface area contributed by atoms with Gasteiger partial charge in [0.2, 0.25) is 0 Å². The van der Waals surface area contributed by atoms with Gasteiger partial charge in [-0.1, -0.05) is 99.3 Å². The maximum Gasteiger partial charge on any atom is -0.0190 e. The molecule has 0 aliphatic carbocycles. The van der Waals surface area contributed by atoms with E-state index < -0.39 is 0 Å². The third kappa shape index (κ3) is 5.27. The Hall–Kier alpha value is -2.34. The molecule has 0 aliphatic rings. The van der Waals surface area contributed by atoms with Crippen LogP contribution in [0.2, 0.25) is 0 Å². The van der Waals surface area contributed by atoms with Crippen LogP contribution in [0.1, 0.15) is 30.5 Å². The maximum atomic E-state index is 4.09. The zero-order valence-corrected chi connectivity index (χ0v) is 13.3. The molecular formula is C21H24. The van der Waals surface area contributed by atoms with Gasteiger partial charge in [0.15, 0.2) is 0 Å². The summed E-state index contributed by atoms with van der Waals surface area (Å²) in [7, 11) is 0. The van der Waals surface area contributed by atoms with Crippen LogP contribution in [0.5, 0.6) is 0 Å². The van der Waals surface area contributed by atoms with E-state index in [1.807, 2.05) is 44.2 Å². The summed E-state index contributed by atoms with van der Waals surface area (Å²) in [6, 6.07) is 18.5. The van der Waals surface area contributed by atoms with E-state index in [9.17, 15) is 0 Å². The predicted octanol–water partition coefficient (Wildman–Crippen LogP) is 6.30. The molecule has 0 heterocycles. The Bertz CT molecular complexity index is 598. The summed E-state index contributed by atoms with van der Waals surface area (Å²) in [5.74, 6) is 0. The zero-order chi connectivity index (χ0) is 15.7. The van der Waals surface area contributed by atoms with Gasteiger partial charge in [-0.05, 0) is 29.2 Å². The number of rotatable bonds is 4. The van der Waals surface area contributed by atoms with Crippen LogP contribution in [-0.2, 0) is 0 Å². The Balaban J connectivity index is 0.00000106. The molecule has 2 aromatic rings. The van der Waals surface area contributed by atoms with Crippen molar-refractivity contribution in [3.63, 3.8) is 0 Å². The average Bonchev–Trinajstić information content (AvgIpc) is 2.55. The largest absolute Gasteiger partial charge is 0.0912 e. The molecule has 0 saturated carbocycles. The van der Waals surface area contributed by atoms with Crippen LogP contribution in [0.25, 0.3) is 11.1 Å². The summed E-state index contributed by atoms with van der Waals surface area (Å²) in [6.07, 6.45) is 4.03. The van der Waals surface area contributed by atoms with Crippen LogP contribution in [0.4, 0.5) is 0 Å². The number of aryl methyl sites for hydroxylation is 1. The molecule has 0 spiro atoms. The van der Waals surface area contributed by atoms with E-state index in [1.54, 1.807) is 0 Å². The van der Waals surface area contributed by atoms with Crippen LogP contribution >= 0.6 is 0 Å². The lowest BCUT2D eigenvalue weighted by atomic mass is 10.0. The number of allylic oxidation sites excluding steroid dienone is 4. The smallest absolute Gasteiger partial charge is 0.0190 e. The fourth-order valence-electron chi connectivity index (χ4n) is 1.81. The van der Waals surface area contributed by atoms with Gasteiger partial charge >= 0.3 is 0 Å². The molecule has 0 atom stereocenters. The minimum atomic E-state index is 0.994. The molecule has 0 heteroatoms. The fraction of sp³-hybridized carbons (Fsp3) is 0.143. The molecule has 0 bridgehead atoms. The summed E-state index contributed by atoms with van der Waals surface area (Å²) >= 11 is 0. The minimum absolute atomic E-state index is 0.994. The third-order valence-electron chi connectivity index (χ3n) is 3.05. The standard InChI is InChI=1S/C19H18.C2H6/c1-15-9-13-19(14-10-15)17(3)12-11-16(2)18-7-5-4-6-8-18;1-2/h4-14H,2-3H2,1H3;1-2H3/b12-11-;. The highest BCUT2D eigenvalue weighted by molar-refractivity contribution is 5.79. The Morgan fingerprint density at radius 2 is 1.14 bits per heavy atom. The second kappa shape index (κ2) is 8.76. The Morgan fingerprint density at radius 1 is 0.714 bits per heavy atom. The molecule has 0 unspecified atom stereocenters. The van der Waals surface area contributed by atoms with Gasteiger partial charge < -0.3 is 0 Å². The Kier molecular flexibility index (Phi) is 6.97. The molecule has 2 aromatic carbocycles. The molecular weight excluding hydrogens is 252 g/mol. The molecule has 0 fully saturated rings. The van der Waals surface area contributed by atoms with Crippen molar-refractivity contribution in [1.82, 2.24) is 0 Å². The minimum Gasteiger partial charge on any atom is -0.0912 e. The van der Waals surface area contributed by atoms with Crippen molar-refractivity contribution in [3.05, 3.63) is 96.6 Å². The van der Waals surface area contributed by atoms with E-state index in [0.29, 0.717) is 0 Å². The van der Waals surface area contributed by atoms with Gasteiger partial charge in [0.1, 0.15) is 0 Å². The molecule has 0 radical (unpaired) electrons. The topological polar surface area (TPSA) is 0 Å². The van der Waals surface area contributed by atoms with Crippen molar-refractivity contribution < 1.29 is 0 Å². The monoisotopic (exact) mass is 276 g/mol. The SMILES string of the molecule is C=C(/C=C\C(=C)c1ccc(C)cc1)c1ccccc1.CC. The van der Waals surface area contributed by atoms with Gasteiger partial charge in [-0.25, -0.2) is 0 Å². The highest BCUT2D eigenvalue weighted by Crippen LogP contribution is 2.18. The Morgan fingerprint density at radius 3 is 1.62 bits per heavy atom. The molecule has 108 valence electrons. The highest BCUT2D eigenvalue weighted by Gasteiger charge is 1.96. The van der Waals surface area contributed by atoms with E-state index in [4.69, 9.17) is 0 Å². The summed E-state index contributed by atoms with van der Waals surface area (Å²) in [6.45, 7) is 14.3. The van der Waals surface area contributed by atoms with Crippen LogP contribution in [0, 0.1) is 6.92 Å². The maximum absolute atomic E-state index is 4.09. The van der Waals surface area contributed by atoms with Crippen LogP contribution in [0.15, 0.2) is 79.9 Å². The molecule has 2 rings (SSSR count). The van der Waals surface area contributed by atoms with Crippen molar-refractivity contribution in [2.45, 2.75) is 20.8 Å². The second-order valence-electron chi connectivity index (χ2n) is 4.62. The van der Waals surface area contributed by atoms with Gasteiger partial charge in [-0.15, -0.1) is 0 Å². The van der Waals surface area contributed by atoms with Crippen LogP contribution in [0.3, 0.4) is 0 Å². The fourth-order valence-corrected chi connectivity index (χ4v) is 1.81. The van der Waals surface area contributed by atoms with Gasteiger partial charge in [-0.3, -0.25) is 0 Å². The predicted molar refractivity (Wildman–Crippen MR) is 96.2 cm³/mol. The lowest BCUT2D eigenvalue weighted by Crippen LogP contribution is -1.81. The number of hydrogen-bond donors (Lipinski definition) is 0. The van der Waals surface area contributed by atoms with E-state index in [1.165, 1.54) is 5.56 Å². The molecule has 0 nitrogen and oxygen atoms in total. The van der Waals surface area contributed by atoms with E-state index >= 15 is 0 Å². The lowest BCUT2D eigenvalue weighted by Gasteiger charge is -2.03. The summed E-state index contributed by atoms with van der Waals surface area (Å²) in [5.41, 5.74) is 5.53. The zero-order valence-electron chi connectivity index (χ0n) is 13.3. The van der Waals surface area contributed by atoms with Gasteiger partial charge in [0, 0.05) is 0 Å². The van der Waals surface area contributed by atoms with Gasteiger partial charge in [0.25, 0.3) is 0 Å². The van der Waals surface area contributed by atoms with E-state index in [2.05, 4.69) is 56.5 Å². The van der Waals surface area contributed by atoms with E-state index in [-0.39, 0.29) is 0 Å². The van der Waals surface area contributed by atoms with Crippen molar-refractivity contribution in [2.24, 2.45) is 0 Å². The molecule has 0 aliphatic heterocycles. The third-order valence-corrected chi connectivity index (χ3v) is 3.05. The first kappa shape index (κ1) is 16.7. The first-order chi connectivity index (χ1) is 10.2. The van der Waals surface area contributed by atoms with Crippen LogP contribution in [-0.4, -0.2) is 0 Å². The molecule has 21 heavy (non-hydrogen) atoms. The summed E-state index contributed by atoms with van der Waals surface area (Å²) in [4.78, 5) is 0. The number of hydrogen-bond acceptors (Lipinski definition) is 0. The van der Waals surface area contributed by atoms with Crippen LogP contribution < -0.4 is 0 Å². The van der Waals surface area contributed by atoms with Crippen molar-refractivity contribution in [3.8, 4) is 0 Å². The van der Waals surface area contributed by atoms with Gasteiger partial charge in [0.05, 0.1) is 0 Å². The van der Waals surface area contributed by atoms with Crippen molar-refractivity contribution >= 4 is 11.1 Å². The highest BCUT2D eigenvalue weighted by atomic mass is 14.0. The first-order valence-electron chi connectivity index (χ1n) is 7.35. The first-order valence-corrected chi connectivity index (χ1v) is 7.35. The summed E-state index contributed by atoms with van der Waals surface area (Å²) < 4.78 is 0. The van der Waals surface area contributed by atoms with E-state index in [0.717, 1.165) is 22.3 Å². The second-order valence-corrected chi connectivity index (χ2v) is 4.62. The van der Waals surface area contributed by atoms with Gasteiger partial charge in [-0.2, -0.15) is 0 Å². The molecule has 0 saturated heterocycles. The molecule has 0 amide bonds. The number of benzene rings is 2. The van der Waals surface area contributed by atoms with Crippen molar-refractivity contribution in [2.75, 3.05) is 0 Å². The quantitative estimate of drug-likeness (QED) is 0.574. The average molecular weight is 276 g/mol. The molecule has 0 aromatic heterocycles. The summed E-state index contributed by atoms with van der Waals surface area (Å²) in [5, 5.41) is 0. The molecule has 0 N–H and O–H groups in total. The lowest BCUT2D eigenvalue weighted by molar-refractivity contribution is 1.46. The van der Waals surface area contributed by atoms with Crippen molar-refractivity contribution in [1.29, 1.82) is 0 Å². The Labute approximate surface area is 129 Å².